The zero-order valence-corrected chi connectivity index (χ0v) is 17.5. The lowest BCUT2D eigenvalue weighted by Gasteiger charge is -2.23. The van der Waals surface area contributed by atoms with Crippen LogP contribution in [0.15, 0.2) is 54.6 Å². The molecule has 2 N–H and O–H groups in total. The van der Waals surface area contributed by atoms with Crippen molar-refractivity contribution in [2.75, 3.05) is 13.7 Å². The predicted octanol–water partition coefficient (Wildman–Crippen LogP) is 3.05. The molecule has 2 aromatic carbocycles. The van der Waals surface area contributed by atoms with Crippen LogP contribution in [0.5, 0.6) is 5.75 Å². The number of hydrogen-bond donors (Lipinski definition) is 2. The van der Waals surface area contributed by atoms with E-state index in [-0.39, 0.29) is 13.2 Å². The number of aliphatic hydroxyl groups is 1. The summed E-state index contributed by atoms with van der Waals surface area (Å²) in [6, 6.07) is 16.9. The fourth-order valence-electron chi connectivity index (χ4n) is 3.42. The molecule has 1 fully saturated rings. The monoisotopic (exact) mass is 415 g/mol. The van der Waals surface area contributed by atoms with Crippen LogP contribution in [0, 0.1) is 0 Å². The lowest BCUT2D eigenvalue weighted by atomic mass is 10.0. The minimum Gasteiger partial charge on any atom is -0.497 e. The number of aliphatic hydroxyl groups excluding tert-OH is 1. The minimum atomic E-state index is -0.855. The molecule has 7 nitrogen and oxygen atoms in total. The molecule has 0 bridgehead atoms. The van der Waals surface area contributed by atoms with Crippen LogP contribution in [0.25, 0.3) is 0 Å². The van der Waals surface area contributed by atoms with Gasteiger partial charge in [0.25, 0.3) is 0 Å². The molecule has 0 aliphatic carbocycles. The summed E-state index contributed by atoms with van der Waals surface area (Å²) in [5.74, 6) is -0.0998. The van der Waals surface area contributed by atoms with Gasteiger partial charge in [-0.15, -0.1) is 0 Å². The molecule has 0 radical (unpaired) electrons. The highest BCUT2D eigenvalue weighted by Crippen LogP contribution is 2.31. The standard InChI is InChI=1S/C23H29NO6/c1-23(2)29-20(14-24-22(26)28-15-17-7-5-4-6-8-17)21(30-23)19(25)13-16-9-11-18(27-3)12-10-16/h4-12,19-21,25H,13-15H2,1-3H3,(H,24,26)/t19-,20-,21-/m1/s1. The van der Waals surface area contributed by atoms with Gasteiger partial charge >= 0.3 is 6.09 Å². The van der Waals surface area contributed by atoms with E-state index in [0.717, 1.165) is 16.9 Å². The summed E-state index contributed by atoms with van der Waals surface area (Å²) in [5.41, 5.74) is 1.85. The molecular formula is C23H29NO6. The summed E-state index contributed by atoms with van der Waals surface area (Å²) in [4.78, 5) is 12.1. The van der Waals surface area contributed by atoms with E-state index in [1.807, 2.05) is 54.6 Å². The average molecular weight is 415 g/mol. The second-order valence-electron chi connectivity index (χ2n) is 7.70. The molecule has 0 unspecified atom stereocenters. The first-order chi connectivity index (χ1) is 14.4. The van der Waals surface area contributed by atoms with Crippen LogP contribution < -0.4 is 10.1 Å². The van der Waals surface area contributed by atoms with Gasteiger partial charge in [0.1, 0.15) is 24.6 Å². The molecule has 1 saturated heterocycles. The maximum absolute atomic E-state index is 12.1. The fraction of sp³-hybridized carbons (Fsp3) is 0.435. The van der Waals surface area contributed by atoms with Crippen molar-refractivity contribution in [1.82, 2.24) is 5.32 Å². The van der Waals surface area contributed by atoms with E-state index in [2.05, 4.69) is 5.32 Å². The van der Waals surface area contributed by atoms with Gasteiger partial charge in [0.2, 0.25) is 0 Å². The van der Waals surface area contributed by atoms with Gasteiger partial charge in [-0.3, -0.25) is 0 Å². The third-order valence-electron chi connectivity index (χ3n) is 4.86. The number of ether oxygens (including phenoxy) is 4. The van der Waals surface area contributed by atoms with E-state index in [1.165, 1.54) is 0 Å². The first kappa shape index (κ1) is 22.1. The number of carbonyl (C=O) groups is 1. The zero-order valence-electron chi connectivity index (χ0n) is 17.5. The number of benzene rings is 2. The number of rotatable bonds is 8. The second-order valence-corrected chi connectivity index (χ2v) is 7.70. The van der Waals surface area contributed by atoms with Gasteiger partial charge in [-0.1, -0.05) is 42.5 Å². The van der Waals surface area contributed by atoms with Crippen LogP contribution in [0.3, 0.4) is 0 Å². The van der Waals surface area contributed by atoms with Gasteiger partial charge in [-0.05, 0) is 37.1 Å². The average Bonchev–Trinajstić information content (AvgIpc) is 3.06. The van der Waals surface area contributed by atoms with E-state index in [0.29, 0.717) is 6.42 Å². The van der Waals surface area contributed by atoms with Gasteiger partial charge < -0.3 is 29.4 Å². The molecule has 1 aliphatic heterocycles. The summed E-state index contributed by atoms with van der Waals surface area (Å²) in [6.45, 7) is 3.92. The fourth-order valence-corrected chi connectivity index (χ4v) is 3.42. The smallest absolute Gasteiger partial charge is 0.407 e. The minimum absolute atomic E-state index is 0.168. The molecular weight excluding hydrogens is 386 g/mol. The topological polar surface area (TPSA) is 86.3 Å². The maximum atomic E-state index is 12.1. The molecule has 3 atom stereocenters. The lowest BCUT2D eigenvalue weighted by molar-refractivity contribution is -0.154. The van der Waals surface area contributed by atoms with Gasteiger partial charge in [0, 0.05) is 13.0 Å². The van der Waals surface area contributed by atoms with Crippen LogP contribution in [0.4, 0.5) is 4.79 Å². The SMILES string of the molecule is COc1ccc(C[C@@H](O)[C@H]2OC(C)(C)O[C@@H]2CNC(=O)OCc2ccccc2)cc1. The van der Waals surface area contributed by atoms with E-state index in [1.54, 1.807) is 21.0 Å². The molecule has 0 aromatic heterocycles. The van der Waals surface area contributed by atoms with Crippen molar-refractivity contribution in [3.05, 3.63) is 65.7 Å². The number of carbonyl (C=O) groups excluding carboxylic acids is 1. The molecule has 2 aromatic rings. The van der Waals surface area contributed by atoms with Crippen molar-refractivity contribution in [2.24, 2.45) is 0 Å². The van der Waals surface area contributed by atoms with Gasteiger partial charge in [-0.2, -0.15) is 0 Å². The molecule has 1 aliphatic rings. The summed E-state index contributed by atoms with van der Waals surface area (Å²) >= 11 is 0. The van der Waals surface area contributed by atoms with Crippen LogP contribution in [-0.4, -0.2) is 49.0 Å². The van der Waals surface area contributed by atoms with Crippen LogP contribution in [0.2, 0.25) is 0 Å². The highest BCUT2D eigenvalue weighted by atomic mass is 16.8. The predicted molar refractivity (Wildman–Crippen MR) is 111 cm³/mol. The first-order valence-electron chi connectivity index (χ1n) is 9.97. The van der Waals surface area contributed by atoms with E-state index in [9.17, 15) is 9.90 Å². The van der Waals surface area contributed by atoms with Crippen molar-refractivity contribution in [2.45, 2.75) is 51.0 Å². The Morgan fingerprint density at radius 2 is 1.80 bits per heavy atom. The van der Waals surface area contributed by atoms with Crippen LogP contribution in [0.1, 0.15) is 25.0 Å². The van der Waals surface area contributed by atoms with E-state index >= 15 is 0 Å². The Bertz CT molecular complexity index is 808. The van der Waals surface area contributed by atoms with Crippen molar-refractivity contribution in [3.63, 3.8) is 0 Å². The Kier molecular flexibility index (Phi) is 7.31. The van der Waals surface area contributed by atoms with Crippen molar-refractivity contribution in [3.8, 4) is 5.75 Å². The molecule has 1 amide bonds. The Balaban J connectivity index is 1.53. The van der Waals surface area contributed by atoms with Gasteiger partial charge in [-0.25, -0.2) is 4.79 Å². The third kappa shape index (κ3) is 6.19. The Labute approximate surface area is 176 Å². The first-order valence-corrected chi connectivity index (χ1v) is 9.97. The molecule has 3 rings (SSSR count). The summed E-state index contributed by atoms with van der Waals surface area (Å²) in [6.07, 6.45) is -2.04. The van der Waals surface area contributed by atoms with Crippen LogP contribution in [-0.2, 0) is 27.2 Å². The van der Waals surface area contributed by atoms with Crippen molar-refractivity contribution < 1.29 is 28.8 Å². The highest BCUT2D eigenvalue weighted by Gasteiger charge is 2.44. The summed E-state index contributed by atoms with van der Waals surface area (Å²) in [7, 11) is 1.61. The van der Waals surface area contributed by atoms with Gasteiger partial charge in [0.15, 0.2) is 5.79 Å². The molecule has 7 heteroatoms. The number of hydrogen-bond acceptors (Lipinski definition) is 6. The lowest BCUT2D eigenvalue weighted by Crippen LogP contribution is -2.43. The second kappa shape index (κ2) is 9.93. The Morgan fingerprint density at radius 1 is 1.10 bits per heavy atom. The molecule has 0 spiro atoms. The highest BCUT2D eigenvalue weighted by molar-refractivity contribution is 5.67. The number of amides is 1. The Morgan fingerprint density at radius 3 is 2.47 bits per heavy atom. The molecule has 0 saturated carbocycles. The summed E-state index contributed by atoms with van der Waals surface area (Å²) in [5, 5.41) is 13.5. The molecule has 162 valence electrons. The number of nitrogens with one attached hydrogen (secondary N) is 1. The Hall–Kier alpha value is -2.61. The van der Waals surface area contributed by atoms with E-state index in [4.69, 9.17) is 18.9 Å². The number of methoxy groups -OCH3 is 1. The molecule has 30 heavy (non-hydrogen) atoms. The normalized spacial score (nSPS) is 21.1. The third-order valence-corrected chi connectivity index (χ3v) is 4.86. The van der Waals surface area contributed by atoms with Crippen molar-refractivity contribution >= 4 is 6.09 Å². The zero-order chi connectivity index (χ0) is 21.6. The van der Waals surface area contributed by atoms with E-state index < -0.39 is 30.2 Å². The molecule has 1 heterocycles. The number of alkyl carbamates (subject to hydrolysis) is 1. The summed E-state index contributed by atoms with van der Waals surface area (Å²) < 4.78 is 22.2. The maximum Gasteiger partial charge on any atom is 0.407 e. The quantitative estimate of drug-likeness (QED) is 0.689. The van der Waals surface area contributed by atoms with Crippen molar-refractivity contribution in [1.29, 1.82) is 0 Å². The largest absolute Gasteiger partial charge is 0.497 e. The van der Waals surface area contributed by atoms with Gasteiger partial charge in [0.05, 0.1) is 13.2 Å². The van der Waals surface area contributed by atoms with Crippen LogP contribution >= 0.6 is 0 Å².